The standard InChI is InChI=1S/C24H34N4O3/c1-7-25-24(27-17(2)21-16-20(30-5)11-12-22(21)31-6)26-14-13-18-9-8-10-19(15-18)23(29)28(3)4/h8-12,15-17H,7,13-14H2,1-6H3,(H2,25,26,27). The summed E-state index contributed by atoms with van der Waals surface area (Å²) in [6, 6.07) is 13.4. The fourth-order valence-electron chi connectivity index (χ4n) is 3.20. The van der Waals surface area contributed by atoms with Crippen LogP contribution >= 0.6 is 0 Å². The molecule has 0 saturated heterocycles. The van der Waals surface area contributed by atoms with Crippen LogP contribution in [0, 0.1) is 0 Å². The topological polar surface area (TPSA) is 75.2 Å². The molecule has 0 radical (unpaired) electrons. The van der Waals surface area contributed by atoms with Crippen LogP contribution in [-0.4, -0.2) is 58.2 Å². The molecule has 1 atom stereocenters. The number of nitrogens with zero attached hydrogens (tertiary/aromatic N) is 2. The van der Waals surface area contributed by atoms with Gasteiger partial charge in [-0.1, -0.05) is 12.1 Å². The molecule has 7 nitrogen and oxygen atoms in total. The number of ether oxygens (including phenoxy) is 2. The second-order valence-electron chi connectivity index (χ2n) is 7.38. The van der Waals surface area contributed by atoms with Crippen molar-refractivity contribution >= 4 is 11.9 Å². The summed E-state index contributed by atoms with van der Waals surface area (Å²) in [5, 5.41) is 6.72. The molecule has 0 aliphatic carbocycles. The molecule has 0 spiro atoms. The maximum Gasteiger partial charge on any atom is 0.253 e. The molecule has 0 aliphatic heterocycles. The fraction of sp³-hybridized carbons (Fsp3) is 0.417. The number of amides is 1. The number of rotatable bonds is 9. The molecule has 0 heterocycles. The molecular weight excluding hydrogens is 392 g/mol. The predicted molar refractivity (Wildman–Crippen MR) is 125 cm³/mol. The smallest absolute Gasteiger partial charge is 0.253 e. The molecule has 2 rings (SSSR count). The van der Waals surface area contributed by atoms with E-state index in [1.807, 2.05) is 49.4 Å². The van der Waals surface area contributed by atoms with Crippen LogP contribution in [-0.2, 0) is 6.42 Å². The first kappa shape index (κ1) is 24.1. The molecule has 1 amide bonds. The van der Waals surface area contributed by atoms with Crippen molar-refractivity contribution in [2.75, 3.05) is 41.4 Å². The first-order chi connectivity index (χ1) is 14.9. The lowest BCUT2D eigenvalue weighted by Crippen LogP contribution is -2.39. The van der Waals surface area contributed by atoms with Gasteiger partial charge >= 0.3 is 0 Å². The zero-order valence-electron chi connectivity index (χ0n) is 19.4. The Labute approximate surface area is 185 Å². The molecule has 2 N–H and O–H groups in total. The van der Waals surface area contributed by atoms with Crippen molar-refractivity contribution in [2.24, 2.45) is 4.99 Å². The number of carbonyl (C=O) groups is 1. The van der Waals surface area contributed by atoms with Crippen molar-refractivity contribution in [3.05, 3.63) is 59.2 Å². The van der Waals surface area contributed by atoms with Gasteiger partial charge in [0.2, 0.25) is 0 Å². The third-order valence-electron chi connectivity index (χ3n) is 4.85. The van der Waals surface area contributed by atoms with Gasteiger partial charge in [-0.05, 0) is 56.2 Å². The van der Waals surface area contributed by atoms with Crippen molar-refractivity contribution in [2.45, 2.75) is 26.3 Å². The maximum absolute atomic E-state index is 12.2. The second kappa shape index (κ2) is 11.8. The summed E-state index contributed by atoms with van der Waals surface area (Å²) in [6.45, 7) is 5.43. The van der Waals surface area contributed by atoms with Crippen molar-refractivity contribution < 1.29 is 14.3 Å². The fourth-order valence-corrected chi connectivity index (χ4v) is 3.20. The van der Waals surface area contributed by atoms with E-state index in [0.717, 1.165) is 41.6 Å². The summed E-state index contributed by atoms with van der Waals surface area (Å²) in [6.07, 6.45) is 0.738. The van der Waals surface area contributed by atoms with E-state index in [0.29, 0.717) is 12.1 Å². The van der Waals surface area contributed by atoms with E-state index in [-0.39, 0.29) is 11.9 Å². The number of guanidine groups is 1. The van der Waals surface area contributed by atoms with Crippen LogP contribution in [0.2, 0.25) is 0 Å². The molecule has 1 unspecified atom stereocenters. The Kier molecular flexibility index (Phi) is 9.18. The van der Waals surface area contributed by atoms with E-state index >= 15 is 0 Å². The number of benzene rings is 2. The van der Waals surface area contributed by atoms with Crippen LogP contribution in [0.25, 0.3) is 0 Å². The zero-order chi connectivity index (χ0) is 22.8. The molecule has 0 saturated carbocycles. The predicted octanol–water partition coefficient (Wildman–Crippen LogP) is 3.26. The van der Waals surface area contributed by atoms with Crippen molar-refractivity contribution in [1.29, 1.82) is 0 Å². The normalized spacial score (nSPS) is 12.1. The molecule has 168 valence electrons. The van der Waals surface area contributed by atoms with E-state index in [2.05, 4.69) is 17.6 Å². The minimum atomic E-state index is -0.0381. The van der Waals surface area contributed by atoms with Crippen LogP contribution in [0.1, 0.15) is 41.4 Å². The average Bonchev–Trinajstić information content (AvgIpc) is 2.78. The lowest BCUT2D eigenvalue weighted by atomic mass is 10.1. The quantitative estimate of drug-likeness (QED) is 0.476. The van der Waals surface area contributed by atoms with E-state index in [9.17, 15) is 4.79 Å². The van der Waals surface area contributed by atoms with Crippen LogP contribution in [0.3, 0.4) is 0 Å². The second-order valence-corrected chi connectivity index (χ2v) is 7.38. The minimum absolute atomic E-state index is 0.00131. The Hall–Kier alpha value is -3.22. The first-order valence-electron chi connectivity index (χ1n) is 10.5. The summed E-state index contributed by atoms with van der Waals surface area (Å²) in [5.74, 6) is 2.29. The van der Waals surface area contributed by atoms with E-state index in [1.54, 1.807) is 33.2 Å². The number of aliphatic imine (C=N–C) groups is 1. The summed E-state index contributed by atoms with van der Waals surface area (Å²) >= 11 is 0. The minimum Gasteiger partial charge on any atom is -0.497 e. The van der Waals surface area contributed by atoms with E-state index < -0.39 is 0 Å². The van der Waals surface area contributed by atoms with Gasteiger partial charge in [0.05, 0.1) is 20.3 Å². The third-order valence-corrected chi connectivity index (χ3v) is 4.85. The van der Waals surface area contributed by atoms with Gasteiger partial charge in [-0.2, -0.15) is 0 Å². The molecule has 0 bridgehead atoms. The third kappa shape index (κ3) is 6.91. The summed E-state index contributed by atoms with van der Waals surface area (Å²) in [5.41, 5.74) is 2.76. The highest BCUT2D eigenvalue weighted by Crippen LogP contribution is 2.29. The van der Waals surface area contributed by atoms with E-state index in [4.69, 9.17) is 14.5 Å². The zero-order valence-corrected chi connectivity index (χ0v) is 19.4. The molecule has 2 aromatic carbocycles. The molecule has 0 aromatic heterocycles. The molecule has 31 heavy (non-hydrogen) atoms. The Morgan fingerprint density at radius 2 is 1.90 bits per heavy atom. The van der Waals surface area contributed by atoms with Gasteiger partial charge in [-0.25, -0.2) is 0 Å². The Balaban J connectivity index is 2.09. The van der Waals surface area contributed by atoms with E-state index in [1.165, 1.54) is 0 Å². The number of hydrogen-bond donors (Lipinski definition) is 2. The van der Waals surface area contributed by atoms with Gasteiger partial charge in [0.1, 0.15) is 11.5 Å². The SMILES string of the molecule is CCNC(=NCCc1cccc(C(=O)N(C)C)c1)NC(C)c1cc(OC)ccc1OC. The average molecular weight is 427 g/mol. The van der Waals surface area contributed by atoms with Crippen LogP contribution < -0.4 is 20.1 Å². The van der Waals surface area contributed by atoms with Gasteiger partial charge in [-0.3, -0.25) is 9.79 Å². The summed E-state index contributed by atoms with van der Waals surface area (Å²) < 4.78 is 10.9. The van der Waals surface area contributed by atoms with Gasteiger partial charge in [0, 0.05) is 38.3 Å². The van der Waals surface area contributed by atoms with Crippen LogP contribution in [0.5, 0.6) is 11.5 Å². The lowest BCUT2D eigenvalue weighted by molar-refractivity contribution is 0.0827. The Morgan fingerprint density at radius 1 is 1.13 bits per heavy atom. The van der Waals surface area contributed by atoms with Crippen molar-refractivity contribution in [3.8, 4) is 11.5 Å². The Bertz CT molecular complexity index is 896. The highest BCUT2D eigenvalue weighted by molar-refractivity contribution is 5.94. The highest BCUT2D eigenvalue weighted by atomic mass is 16.5. The summed E-state index contributed by atoms with van der Waals surface area (Å²) in [7, 11) is 6.82. The highest BCUT2D eigenvalue weighted by Gasteiger charge is 2.14. The number of carbonyl (C=O) groups excluding carboxylic acids is 1. The Morgan fingerprint density at radius 3 is 2.55 bits per heavy atom. The van der Waals surface area contributed by atoms with Crippen molar-refractivity contribution in [1.82, 2.24) is 15.5 Å². The largest absolute Gasteiger partial charge is 0.497 e. The summed E-state index contributed by atoms with van der Waals surface area (Å²) in [4.78, 5) is 18.5. The number of hydrogen-bond acceptors (Lipinski definition) is 4. The van der Waals surface area contributed by atoms with Crippen molar-refractivity contribution in [3.63, 3.8) is 0 Å². The maximum atomic E-state index is 12.2. The van der Waals surface area contributed by atoms with Gasteiger partial charge in [-0.15, -0.1) is 0 Å². The molecule has 2 aromatic rings. The molecule has 0 aliphatic rings. The number of methoxy groups -OCH3 is 2. The number of nitrogens with one attached hydrogen (secondary N) is 2. The molecular formula is C24H34N4O3. The molecule has 7 heteroatoms. The monoisotopic (exact) mass is 426 g/mol. The van der Waals surface area contributed by atoms with Crippen LogP contribution in [0.15, 0.2) is 47.5 Å². The van der Waals surface area contributed by atoms with Gasteiger partial charge in [0.15, 0.2) is 5.96 Å². The first-order valence-corrected chi connectivity index (χ1v) is 10.5. The van der Waals surface area contributed by atoms with Gasteiger partial charge in [0.25, 0.3) is 5.91 Å². The molecule has 0 fully saturated rings. The lowest BCUT2D eigenvalue weighted by Gasteiger charge is -2.21. The van der Waals surface area contributed by atoms with Crippen LogP contribution in [0.4, 0.5) is 0 Å². The van der Waals surface area contributed by atoms with Gasteiger partial charge < -0.3 is 25.0 Å².